The van der Waals surface area contributed by atoms with E-state index in [0.717, 1.165) is 16.9 Å². The average Bonchev–Trinajstić information content (AvgIpc) is 2.52. The highest BCUT2D eigenvalue weighted by molar-refractivity contribution is 5.92. The number of pyridine rings is 1. The van der Waals surface area contributed by atoms with Gasteiger partial charge in [-0.15, -0.1) is 0 Å². The van der Waals surface area contributed by atoms with Crippen LogP contribution in [0.3, 0.4) is 0 Å². The Bertz CT molecular complexity index is 611. The molecule has 1 atom stereocenters. The van der Waals surface area contributed by atoms with Crippen LogP contribution in [0.15, 0.2) is 42.7 Å². The molecule has 21 heavy (non-hydrogen) atoms. The summed E-state index contributed by atoms with van der Waals surface area (Å²) in [4.78, 5) is 15.6. The van der Waals surface area contributed by atoms with Gasteiger partial charge in [-0.2, -0.15) is 0 Å². The zero-order valence-electron chi connectivity index (χ0n) is 12.7. The molecule has 4 nitrogen and oxygen atoms in total. The maximum Gasteiger partial charge on any atom is 0.224 e. The molecule has 0 bridgehead atoms. The van der Waals surface area contributed by atoms with Crippen LogP contribution in [0.1, 0.15) is 37.4 Å². The van der Waals surface area contributed by atoms with E-state index in [9.17, 15) is 4.79 Å². The van der Waals surface area contributed by atoms with Crippen molar-refractivity contribution in [2.75, 3.05) is 10.6 Å². The average molecular weight is 283 g/mol. The number of nitrogens with zero attached hydrogens (tertiary/aromatic N) is 1. The summed E-state index contributed by atoms with van der Waals surface area (Å²) in [5.41, 5.74) is 4.09. The molecule has 1 amide bonds. The van der Waals surface area contributed by atoms with Crippen molar-refractivity contribution in [2.45, 2.75) is 33.2 Å². The molecule has 0 fully saturated rings. The highest BCUT2D eigenvalue weighted by Gasteiger charge is 2.10. The van der Waals surface area contributed by atoms with Crippen molar-refractivity contribution in [3.63, 3.8) is 0 Å². The molecule has 4 heteroatoms. The van der Waals surface area contributed by atoms with Crippen LogP contribution in [0.2, 0.25) is 0 Å². The van der Waals surface area contributed by atoms with Crippen molar-refractivity contribution in [1.29, 1.82) is 0 Å². The predicted octanol–water partition coefficient (Wildman–Crippen LogP) is 3.91. The summed E-state index contributed by atoms with van der Waals surface area (Å²) in [6.45, 7) is 5.96. The van der Waals surface area contributed by atoms with Crippen molar-refractivity contribution in [3.05, 3.63) is 53.9 Å². The summed E-state index contributed by atoms with van der Waals surface area (Å²) < 4.78 is 0. The fourth-order valence-corrected chi connectivity index (χ4v) is 2.13. The first-order valence-corrected chi connectivity index (χ1v) is 7.17. The number of aromatic nitrogens is 1. The maximum atomic E-state index is 11.5. The highest BCUT2D eigenvalue weighted by Crippen LogP contribution is 2.27. The molecule has 1 aromatic heterocycles. The Hall–Kier alpha value is -2.36. The number of nitrogens with one attached hydrogen (secondary N) is 2. The van der Waals surface area contributed by atoms with Crippen LogP contribution < -0.4 is 10.6 Å². The molecule has 0 saturated carbocycles. The molecule has 1 unspecified atom stereocenters. The molecule has 0 radical (unpaired) electrons. The number of rotatable bonds is 5. The Morgan fingerprint density at radius 2 is 1.86 bits per heavy atom. The third-order valence-electron chi connectivity index (χ3n) is 3.51. The number of anilines is 2. The number of amides is 1. The lowest BCUT2D eigenvalue weighted by Gasteiger charge is -2.19. The van der Waals surface area contributed by atoms with Gasteiger partial charge in [0, 0.05) is 36.2 Å². The lowest BCUT2D eigenvalue weighted by Crippen LogP contribution is -2.12. The topological polar surface area (TPSA) is 54.0 Å². The molecular weight excluding hydrogens is 262 g/mol. The molecule has 0 spiro atoms. The standard InChI is InChI=1S/C17H21N3O/c1-4-17(21)20-16-7-5-6-15(12(16)2)19-13(3)14-8-10-18-11-9-14/h5-11,13,19H,4H2,1-3H3,(H,20,21). The smallest absolute Gasteiger partial charge is 0.224 e. The van der Waals surface area contributed by atoms with Gasteiger partial charge < -0.3 is 10.6 Å². The number of carbonyl (C=O) groups excluding carboxylic acids is 1. The predicted molar refractivity (Wildman–Crippen MR) is 86.4 cm³/mol. The molecule has 2 N–H and O–H groups in total. The second-order valence-corrected chi connectivity index (χ2v) is 5.03. The van der Waals surface area contributed by atoms with Crippen molar-refractivity contribution in [1.82, 2.24) is 4.98 Å². The molecule has 110 valence electrons. The van der Waals surface area contributed by atoms with Crippen molar-refractivity contribution in [2.24, 2.45) is 0 Å². The molecule has 0 aliphatic carbocycles. The third-order valence-corrected chi connectivity index (χ3v) is 3.51. The minimum atomic E-state index is 0.0254. The zero-order valence-corrected chi connectivity index (χ0v) is 12.7. The Kier molecular flexibility index (Phi) is 4.93. The normalized spacial score (nSPS) is 11.8. The van der Waals surface area contributed by atoms with Gasteiger partial charge in [-0.05, 0) is 49.2 Å². The lowest BCUT2D eigenvalue weighted by molar-refractivity contribution is -0.115. The molecule has 2 rings (SSSR count). The van der Waals surface area contributed by atoms with E-state index in [1.54, 1.807) is 12.4 Å². The van der Waals surface area contributed by atoms with Crippen LogP contribution in [0.5, 0.6) is 0 Å². The Labute approximate surface area is 125 Å². The monoisotopic (exact) mass is 283 g/mol. The number of carbonyl (C=O) groups is 1. The first-order chi connectivity index (χ1) is 10.1. The number of benzene rings is 1. The minimum absolute atomic E-state index is 0.0254. The first-order valence-electron chi connectivity index (χ1n) is 7.17. The molecule has 0 aliphatic heterocycles. The zero-order chi connectivity index (χ0) is 15.2. The highest BCUT2D eigenvalue weighted by atomic mass is 16.1. The fraction of sp³-hybridized carbons (Fsp3) is 0.294. The minimum Gasteiger partial charge on any atom is -0.378 e. The van der Waals surface area contributed by atoms with Gasteiger partial charge in [0.25, 0.3) is 0 Å². The summed E-state index contributed by atoms with van der Waals surface area (Å²) in [7, 11) is 0. The Balaban J connectivity index is 2.17. The van der Waals surface area contributed by atoms with Gasteiger partial charge in [-0.1, -0.05) is 13.0 Å². The molecule has 0 saturated heterocycles. The van der Waals surface area contributed by atoms with E-state index in [1.807, 2.05) is 44.2 Å². The van der Waals surface area contributed by atoms with E-state index in [-0.39, 0.29) is 11.9 Å². The SMILES string of the molecule is CCC(=O)Nc1cccc(NC(C)c2ccncc2)c1C. The number of hydrogen-bond acceptors (Lipinski definition) is 3. The van der Waals surface area contributed by atoms with Crippen LogP contribution in [0.25, 0.3) is 0 Å². The van der Waals surface area contributed by atoms with E-state index in [4.69, 9.17) is 0 Å². The van der Waals surface area contributed by atoms with Crippen LogP contribution in [-0.2, 0) is 4.79 Å². The summed E-state index contributed by atoms with van der Waals surface area (Å²) >= 11 is 0. The van der Waals surface area contributed by atoms with E-state index in [0.29, 0.717) is 6.42 Å². The van der Waals surface area contributed by atoms with Gasteiger partial charge in [-0.3, -0.25) is 9.78 Å². The summed E-state index contributed by atoms with van der Waals surface area (Å²) in [6, 6.07) is 10.1. The Morgan fingerprint density at radius 1 is 1.19 bits per heavy atom. The van der Waals surface area contributed by atoms with Gasteiger partial charge in [0.05, 0.1) is 0 Å². The van der Waals surface area contributed by atoms with Crippen molar-refractivity contribution >= 4 is 17.3 Å². The number of hydrogen-bond donors (Lipinski definition) is 2. The second kappa shape index (κ2) is 6.88. The van der Waals surface area contributed by atoms with E-state index >= 15 is 0 Å². The molecule has 1 aromatic carbocycles. The second-order valence-electron chi connectivity index (χ2n) is 5.03. The molecule has 2 aromatic rings. The molecular formula is C17H21N3O. The van der Waals surface area contributed by atoms with Gasteiger partial charge in [0.15, 0.2) is 0 Å². The lowest BCUT2D eigenvalue weighted by atomic mass is 10.1. The van der Waals surface area contributed by atoms with Crippen LogP contribution in [0.4, 0.5) is 11.4 Å². The molecule has 0 aliphatic rings. The Morgan fingerprint density at radius 3 is 2.52 bits per heavy atom. The quantitative estimate of drug-likeness (QED) is 0.874. The van der Waals surface area contributed by atoms with Crippen LogP contribution in [0, 0.1) is 6.92 Å². The van der Waals surface area contributed by atoms with Gasteiger partial charge in [0.1, 0.15) is 0 Å². The van der Waals surface area contributed by atoms with Gasteiger partial charge >= 0.3 is 0 Å². The fourth-order valence-electron chi connectivity index (χ4n) is 2.13. The van der Waals surface area contributed by atoms with Gasteiger partial charge in [-0.25, -0.2) is 0 Å². The van der Waals surface area contributed by atoms with E-state index in [2.05, 4.69) is 22.5 Å². The van der Waals surface area contributed by atoms with Gasteiger partial charge in [0.2, 0.25) is 5.91 Å². The third kappa shape index (κ3) is 3.81. The summed E-state index contributed by atoms with van der Waals surface area (Å²) in [6.07, 6.45) is 4.06. The first kappa shape index (κ1) is 15.0. The van der Waals surface area contributed by atoms with E-state index < -0.39 is 0 Å². The van der Waals surface area contributed by atoms with Crippen LogP contribution >= 0.6 is 0 Å². The summed E-state index contributed by atoms with van der Waals surface area (Å²) in [5.74, 6) is 0.0254. The van der Waals surface area contributed by atoms with Crippen LogP contribution in [-0.4, -0.2) is 10.9 Å². The molecule has 1 heterocycles. The maximum absolute atomic E-state index is 11.5. The van der Waals surface area contributed by atoms with E-state index in [1.165, 1.54) is 5.56 Å². The summed E-state index contributed by atoms with van der Waals surface area (Å²) in [5, 5.41) is 6.40. The van der Waals surface area contributed by atoms with Crippen molar-refractivity contribution < 1.29 is 4.79 Å². The largest absolute Gasteiger partial charge is 0.378 e. The van der Waals surface area contributed by atoms with Crippen molar-refractivity contribution in [3.8, 4) is 0 Å².